The van der Waals surface area contributed by atoms with Crippen LogP contribution < -0.4 is 0 Å². The standard InChI is InChI=1S/C11H17N5O2S/c17-6-9-2-1-5-15(9)10(18)7-19-11-12-13-14-16(11)8-3-4-8/h8-9,17H,1-7H2/t9-/m0/s1. The minimum Gasteiger partial charge on any atom is -0.394 e. The van der Waals surface area contributed by atoms with E-state index in [2.05, 4.69) is 15.5 Å². The Labute approximate surface area is 115 Å². The van der Waals surface area contributed by atoms with Crippen LogP contribution in [0.15, 0.2) is 5.16 Å². The van der Waals surface area contributed by atoms with E-state index < -0.39 is 0 Å². The van der Waals surface area contributed by atoms with Gasteiger partial charge in [-0.05, 0) is 36.1 Å². The van der Waals surface area contributed by atoms with Gasteiger partial charge in [0, 0.05) is 6.54 Å². The maximum atomic E-state index is 12.1. The largest absolute Gasteiger partial charge is 0.394 e. The number of hydrogen-bond acceptors (Lipinski definition) is 6. The molecule has 0 bridgehead atoms. The van der Waals surface area contributed by atoms with Crippen LogP contribution in [0.25, 0.3) is 0 Å². The van der Waals surface area contributed by atoms with Crippen LogP contribution in [0.2, 0.25) is 0 Å². The molecule has 1 amide bonds. The second-order valence-electron chi connectivity index (χ2n) is 4.99. The number of aliphatic hydroxyl groups excluding tert-OH is 1. The summed E-state index contributed by atoms with van der Waals surface area (Å²) in [6.45, 7) is 0.800. The van der Waals surface area contributed by atoms with Crippen molar-refractivity contribution < 1.29 is 9.90 Å². The van der Waals surface area contributed by atoms with E-state index in [-0.39, 0.29) is 18.6 Å². The molecule has 2 fully saturated rings. The molecule has 1 aromatic rings. The summed E-state index contributed by atoms with van der Waals surface area (Å²) < 4.78 is 1.81. The van der Waals surface area contributed by atoms with Crippen molar-refractivity contribution in [3.63, 3.8) is 0 Å². The third-order valence-corrected chi connectivity index (χ3v) is 4.51. The van der Waals surface area contributed by atoms with Crippen LogP contribution in [0.5, 0.6) is 0 Å². The number of amides is 1. The Morgan fingerprint density at radius 3 is 3.00 bits per heavy atom. The molecule has 1 N–H and O–H groups in total. The van der Waals surface area contributed by atoms with Crippen molar-refractivity contribution in [3.8, 4) is 0 Å². The lowest BCUT2D eigenvalue weighted by atomic mass is 10.2. The average molecular weight is 283 g/mol. The summed E-state index contributed by atoms with van der Waals surface area (Å²) in [5.74, 6) is 0.399. The Balaban J connectivity index is 1.56. The fraction of sp³-hybridized carbons (Fsp3) is 0.818. The highest BCUT2D eigenvalue weighted by Gasteiger charge is 2.30. The van der Waals surface area contributed by atoms with Crippen LogP contribution in [0.1, 0.15) is 31.7 Å². The Bertz CT molecular complexity index is 462. The average Bonchev–Trinajstić information content (AvgIpc) is 2.98. The predicted octanol–water partition coefficient (Wildman–Crippen LogP) is 0.0834. The number of nitrogens with zero attached hydrogens (tertiary/aromatic N) is 5. The smallest absolute Gasteiger partial charge is 0.233 e. The van der Waals surface area contributed by atoms with Gasteiger partial charge < -0.3 is 10.0 Å². The molecule has 1 aliphatic heterocycles. The highest BCUT2D eigenvalue weighted by atomic mass is 32.2. The molecule has 1 saturated heterocycles. The summed E-state index contributed by atoms with van der Waals surface area (Å²) in [5, 5.41) is 21.5. The molecule has 1 atom stereocenters. The number of rotatable bonds is 5. The minimum atomic E-state index is -0.00692. The van der Waals surface area contributed by atoms with E-state index in [9.17, 15) is 9.90 Å². The number of thioether (sulfide) groups is 1. The van der Waals surface area contributed by atoms with Crippen molar-refractivity contribution in [2.24, 2.45) is 0 Å². The number of tetrazole rings is 1. The third-order valence-electron chi connectivity index (χ3n) is 3.59. The molecule has 1 saturated carbocycles. The van der Waals surface area contributed by atoms with Gasteiger partial charge in [-0.3, -0.25) is 4.79 Å². The first-order chi connectivity index (χ1) is 9.29. The number of carbonyl (C=O) groups excluding carboxylic acids is 1. The Morgan fingerprint density at radius 1 is 1.42 bits per heavy atom. The lowest BCUT2D eigenvalue weighted by Gasteiger charge is -2.22. The first-order valence-electron chi connectivity index (χ1n) is 6.60. The highest BCUT2D eigenvalue weighted by Crippen LogP contribution is 2.36. The first kappa shape index (κ1) is 12.9. The van der Waals surface area contributed by atoms with E-state index in [1.165, 1.54) is 11.8 Å². The van der Waals surface area contributed by atoms with Gasteiger partial charge in [0.25, 0.3) is 0 Å². The van der Waals surface area contributed by atoms with E-state index >= 15 is 0 Å². The second kappa shape index (κ2) is 5.46. The van der Waals surface area contributed by atoms with Gasteiger partial charge in [0.05, 0.1) is 24.4 Å². The first-order valence-corrected chi connectivity index (χ1v) is 7.59. The number of carbonyl (C=O) groups is 1. The molecule has 1 aromatic heterocycles. The summed E-state index contributed by atoms with van der Waals surface area (Å²) in [6, 6.07) is 0.414. The molecular weight excluding hydrogens is 266 g/mol. The molecule has 0 unspecified atom stereocenters. The van der Waals surface area contributed by atoms with Crippen LogP contribution in [-0.2, 0) is 4.79 Å². The van der Waals surface area contributed by atoms with E-state index in [0.717, 1.165) is 37.4 Å². The molecular formula is C11H17N5O2S. The van der Waals surface area contributed by atoms with E-state index in [4.69, 9.17) is 0 Å². The van der Waals surface area contributed by atoms with Crippen molar-refractivity contribution in [2.45, 2.75) is 42.9 Å². The summed E-state index contributed by atoms with van der Waals surface area (Å²) in [6.07, 6.45) is 4.10. The zero-order valence-electron chi connectivity index (χ0n) is 10.6. The number of hydrogen-bond donors (Lipinski definition) is 1. The zero-order valence-corrected chi connectivity index (χ0v) is 11.4. The highest BCUT2D eigenvalue weighted by molar-refractivity contribution is 7.99. The summed E-state index contributed by atoms with van der Waals surface area (Å²) in [7, 11) is 0. The van der Waals surface area contributed by atoms with Gasteiger partial charge in [-0.15, -0.1) is 5.10 Å². The molecule has 2 aliphatic rings. The van der Waals surface area contributed by atoms with Gasteiger partial charge >= 0.3 is 0 Å². The summed E-state index contributed by atoms with van der Waals surface area (Å²) in [4.78, 5) is 13.9. The van der Waals surface area contributed by atoms with Gasteiger partial charge in [0.2, 0.25) is 11.1 Å². The second-order valence-corrected chi connectivity index (χ2v) is 5.93. The number of aromatic nitrogens is 4. The molecule has 0 radical (unpaired) electrons. The Morgan fingerprint density at radius 2 is 2.26 bits per heavy atom. The van der Waals surface area contributed by atoms with Crippen molar-refractivity contribution in [1.29, 1.82) is 0 Å². The maximum Gasteiger partial charge on any atom is 0.233 e. The fourth-order valence-corrected chi connectivity index (χ4v) is 3.22. The van der Waals surface area contributed by atoms with Crippen molar-refractivity contribution in [2.75, 3.05) is 18.9 Å². The lowest BCUT2D eigenvalue weighted by Crippen LogP contribution is -2.38. The summed E-state index contributed by atoms with van der Waals surface area (Å²) in [5.41, 5.74) is 0. The normalized spacial score (nSPS) is 23.0. The third kappa shape index (κ3) is 2.74. The van der Waals surface area contributed by atoms with E-state index in [1.54, 1.807) is 4.90 Å². The minimum absolute atomic E-state index is 0.00692. The van der Waals surface area contributed by atoms with Gasteiger partial charge in [-0.25, -0.2) is 4.68 Å². The van der Waals surface area contributed by atoms with E-state index in [1.807, 2.05) is 4.68 Å². The molecule has 0 aromatic carbocycles. The van der Waals surface area contributed by atoms with Crippen molar-refractivity contribution >= 4 is 17.7 Å². The maximum absolute atomic E-state index is 12.1. The predicted molar refractivity (Wildman–Crippen MR) is 68.6 cm³/mol. The van der Waals surface area contributed by atoms with Crippen LogP contribution in [0, 0.1) is 0 Å². The van der Waals surface area contributed by atoms with Gasteiger partial charge in [-0.2, -0.15) is 0 Å². The van der Waals surface area contributed by atoms with Gasteiger partial charge in [0.15, 0.2) is 0 Å². The molecule has 7 nitrogen and oxygen atoms in total. The molecule has 0 spiro atoms. The van der Waals surface area contributed by atoms with Crippen molar-refractivity contribution in [3.05, 3.63) is 0 Å². The van der Waals surface area contributed by atoms with Crippen LogP contribution in [0.4, 0.5) is 0 Å². The van der Waals surface area contributed by atoms with E-state index in [0.29, 0.717) is 11.8 Å². The topological polar surface area (TPSA) is 84.1 Å². The number of likely N-dealkylation sites (tertiary alicyclic amines) is 1. The Kier molecular flexibility index (Phi) is 3.69. The monoisotopic (exact) mass is 283 g/mol. The quantitative estimate of drug-likeness (QED) is 0.771. The Hall–Kier alpha value is -1.15. The lowest BCUT2D eigenvalue weighted by molar-refractivity contribution is -0.129. The van der Waals surface area contributed by atoms with Gasteiger partial charge in [0.1, 0.15) is 0 Å². The molecule has 3 rings (SSSR count). The zero-order chi connectivity index (χ0) is 13.2. The summed E-state index contributed by atoms with van der Waals surface area (Å²) >= 11 is 1.38. The van der Waals surface area contributed by atoms with Crippen molar-refractivity contribution in [1.82, 2.24) is 25.1 Å². The molecule has 19 heavy (non-hydrogen) atoms. The molecule has 2 heterocycles. The molecule has 1 aliphatic carbocycles. The molecule has 8 heteroatoms. The van der Waals surface area contributed by atoms with Crippen LogP contribution in [-0.4, -0.2) is 61.1 Å². The SMILES string of the molecule is O=C(CSc1nnnn1C1CC1)N1CCC[C@H]1CO. The van der Waals surface area contributed by atoms with Crippen LogP contribution >= 0.6 is 11.8 Å². The number of aliphatic hydroxyl groups is 1. The van der Waals surface area contributed by atoms with Gasteiger partial charge in [-0.1, -0.05) is 11.8 Å². The molecule has 104 valence electrons. The fourth-order valence-electron chi connectivity index (χ4n) is 2.39. The van der Waals surface area contributed by atoms with Crippen LogP contribution in [0.3, 0.4) is 0 Å².